The Morgan fingerprint density at radius 1 is 1.14 bits per heavy atom. The summed E-state index contributed by atoms with van der Waals surface area (Å²) in [5.74, 6) is 0.0129. The summed E-state index contributed by atoms with van der Waals surface area (Å²) in [5.41, 5.74) is 0.642. The fourth-order valence-corrected chi connectivity index (χ4v) is 3.12. The molecule has 1 fully saturated rings. The smallest absolute Gasteiger partial charge is 0.321 e. The maximum absolute atomic E-state index is 12.3. The maximum Gasteiger partial charge on any atom is 0.321 e. The second kappa shape index (κ2) is 10.7. The molecule has 1 atom stereocenters. The number of rotatable bonds is 7. The Hall–Kier alpha value is -2.61. The van der Waals surface area contributed by atoms with Gasteiger partial charge in [-0.2, -0.15) is 0 Å². The molecule has 0 aliphatic heterocycles. The van der Waals surface area contributed by atoms with Crippen molar-refractivity contribution >= 4 is 23.5 Å². The Morgan fingerprint density at radius 3 is 2.39 bits per heavy atom. The molecule has 0 saturated heterocycles. The first-order valence-electron chi connectivity index (χ1n) is 9.64. The average molecular weight is 390 g/mol. The van der Waals surface area contributed by atoms with Crippen LogP contribution in [0.5, 0.6) is 5.75 Å². The van der Waals surface area contributed by atoms with E-state index in [0.717, 1.165) is 25.7 Å². The number of ether oxygens (including phenoxy) is 1. The van der Waals surface area contributed by atoms with Gasteiger partial charge in [-0.05, 0) is 51.1 Å². The van der Waals surface area contributed by atoms with Gasteiger partial charge < -0.3 is 15.4 Å². The van der Waals surface area contributed by atoms with Crippen LogP contribution in [0, 0.1) is 0 Å². The van der Waals surface area contributed by atoms with E-state index >= 15 is 0 Å². The van der Waals surface area contributed by atoms with Gasteiger partial charge in [0.05, 0.1) is 19.7 Å². The highest BCUT2D eigenvalue weighted by atomic mass is 16.5. The summed E-state index contributed by atoms with van der Waals surface area (Å²) in [6, 6.07) is 6.01. The summed E-state index contributed by atoms with van der Waals surface area (Å²) < 4.78 is 5.08. The van der Waals surface area contributed by atoms with Gasteiger partial charge in [0.2, 0.25) is 11.8 Å². The van der Waals surface area contributed by atoms with Crippen molar-refractivity contribution < 1.29 is 19.1 Å². The van der Waals surface area contributed by atoms with E-state index in [1.165, 1.54) is 6.42 Å². The van der Waals surface area contributed by atoms with Crippen molar-refractivity contribution in [3.05, 3.63) is 24.3 Å². The third-order valence-corrected chi connectivity index (χ3v) is 4.98. The van der Waals surface area contributed by atoms with Gasteiger partial charge in [-0.15, -0.1) is 0 Å². The third kappa shape index (κ3) is 6.84. The first-order valence-corrected chi connectivity index (χ1v) is 9.64. The number of nitrogens with zero attached hydrogens (tertiary/aromatic N) is 1. The van der Waals surface area contributed by atoms with Gasteiger partial charge in [-0.25, -0.2) is 4.79 Å². The van der Waals surface area contributed by atoms with E-state index in [-0.39, 0.29) is 18.5 Å². The molecule has 1 aliphatic rings. The highest BCUT2D eigenvalue weighted by Crippen LogP contribution is 2.17. The van der Waals surface area contributed by atoms with Crippen molar-refractivity contribution in [1.82, 2.24) is 15.5 Å². The van der Waals surface area contributed by atoms with Crippen LogP contribution in [0.1, 0.15) is 39.0 Å². The predicted octanol–water partition coefficient (Wildman–Crippen LogP) is 2.11. The van der Waals surface area contributed by atoms with E-state index in [9.17, 15) is 14.4 Å². The number of benzene rings is 1. The zero-order chi connectivity index (χ0) is 20.5. The van der Waals surface area contributed by atoms with Crippen molar-refractivity contribution in [2.24, 2.45) is 0 Å². The minimum atomic E-state index is -0.626. The van der Waals surface area contributed by atoms with Crippen LogP contribution < -0.4 is 20.7 Å². The Bertz CT molecular complexity index is 671. The molecule has 8 heteroatoms. The van der Waals surface area contributed by atoms with Crippen molar-refractivity contribution in [2.75, 3.05) is 26.0 Å². The zero-order valence-electron chi connectivity index (χ0n) is 16.8. The molecule has 1 aromatic rings. The molecule has 0 unspecified atom stereocenters. The van der Waals surface area contributed by atoms with Crippen LogP contribution in [-0.4, -0.2) is 55.5 Å². The Kier molecular flexibility index (Phi) is 8.25. The van der Waals surface area contributed by atoms with Gasteiger partial charge in [0.1, 0.15) is 5.75 Å². The lowest BCUT2D eigenvalue weighted by Gasteiger charge is -2.25. The summed E-state index contributed by atoms with van der Waals surface area (Å²) in [4.78, 5) is 38.1. The first-order chi connectivity index (χ1) is 13.4. The summed E-state index contributed by atoms with van der Waals surface area (Å²) in [5, 5.41) is 7.98. The molecule has 1 saturated carbocycles. The van der Waals surface area contributed by atoms with Crippen molar-refractivity contribution in [3.8, 4) is 5.75 Å². The molecule has 0 spiro atoms. The number of amides is 4. The van der Waals surface area contributed by atoms with Crippen LogP contribution >= 0.6 is 0 Å². The molecule has 0 heterocycles. The van der Waals surface area contributed by atoms with E-state index in [0.29, 0.717) is 11.4 Å². The molecule has 154 valence electrons. The van der Waals surface area contributed by atoms with Gasteiger partial charge in [0.25, 0.3) is 0 Å². The molecule has 8 nitrogen and oxygen atoms in total. The summed E-state index contributed by atoms with van der Waals surface area (Å²) in [6.07, 6.45) is 5.28. The van der Waals surface area contributed by atoms with E-state index in [4.69, 9.17) is 4.74 Å². The van der Waals surface area contributed by atoms with E-state index in [1.807, 2.05) is 0 Å². The van der Waals surface area contributed by atoms with Crippen LogP contribution in [0.25, 0.3) is 0 Å². The largest absolute Gasteiger partial charge is 0.497 e. The van der Waals surface area contributed by atoms with Crippen LogP contribution in [0.4, 0.5) is 10.5 Å². The number of likely N-dealkylation sites (N-methyl/N-ethyl adjacent to an activating group) is 1. The molecule has 1 aromatic carbocycles. The first kappa shape index (κ1) is 21.7. The van der Waals surface area contributed by atoms with Gasteiger partial charge in [-0.1, -0.05) is 19.3 Å². The molecule has 1 aliphatic carbocycles. The number of anilines is 1. The molecule has 28 heavy (non-hydrogen) atoms. The number of hydrogen-bond acceptors (Lipinski definition) is 5. The van der Waals surface area contributed by atoms with Crippen molar-refractivity contribution in [3.63, 3.8) is 0 Å². The van der Waals surface area contributed by atoms with Gasteiger partial charge in [-0.3, -0.25) is 19.8 Å². The molecule has 4 amide bonds. The second-order valence-electron chi connectivity index (χ2n) is 7.17. The summed E-state index contributed by atoms with van der Waals surface area (Å²) >= 11 is 0. The maximum atomic E-state index is 12.3. The number of methoxy groups -OCH3 is 1. The van der Waals surface area contributed by atoms with E-state index in [1.54, 1.807) is 50.2 Å². The van der Waals surface area contributed by atoms with Crippen molar-refractivity contribution in [2.45, 2.75) is 51.1 Å². The van der Waals surface area contributed by atoms with E-state index < -0.39 is 18.0 Å². The predicted molar refractivity (Wildman–Crippen MR) is 107 cm³/mol. The highest BCUT2D eigenvalue weighted by molar-refractivity contribution is 5.97. The number of nitrogens with one attached hydrogen (secondary N) is 3. The minimum Gasteiger partial charge on any atom is -0.497 e. The molecule has 2 rings (SSSR count). The molecule has 0 aromatic heterocycles. The lowest BCUT2D eigenvalue weighted by molar-refractivity contribution is -0.125. The number of imide groups is 1. The Labute approximate surface area is 166 Å². The second-order valence-corrected chi connectivity index (χ2v) is 7.17. The molecular formula is C20H30N4O4. The number of hydrogen-bond donors (Lipinski definition) is 3. The SMILES string of the molecule is COc1ccc(NC(=O)CN(C)[C@@H](C)C(=O)NC(=O)NC2CCCCC2)cc1. The number of urea groups is 1. The number of carbonyl (C=O) groups is 3. The number of carbonyl (C=O) groups excluding carboxylic acids is 3. The summed E-state index contributed by atoms with van der Waals surface area (Å²) in [7, 11) is 3.24. The van der Waals surface area contributed by atoms with Crippen molar-refractivity contribution in [1.29, 1.82) is 0 Å². The van der Waals surface area contributed by atoms with Crippen LogP contribution in [0.15, 0.2) is 24.3 Å². The fraction of sp³-hybridized carbons (Fsp3) is 0.550. The monoisotopic (exact) mass is 390 g/mol. The van der Waals surface area contributed by atoms with Crippen LogP contribution in [0.3, 0.4) is 0 Å². The minimum absolute atomic E-state index is 0.0187. The van der Waals surface area contributed by atoms with Crippen LogP contribution in [0.2, 0.25) is 0 Å². The topological polar surface area (TPSA) is 99.8 Å². The fourth-order valence-electron chi connectivity index (χ4n) is 3.12. The standard InChI is InChI=1S/C20H30N4O4/c1-14(19(26)23-20(27)22-15-7-5-4-6-8-15)24(2)13-18(25)21-16-9-11-17(28-3)12-10-16/h9-12,14-15H,4-8,13H2,1-3H3,(H,21,25)(H2,22,23,26,27)/t14-/m0/s1. The molecule has 0 bridgehead atoms. The van der Waals surface area contributed by atoms with Gasteiger partial charge >= 0.3 is 6.03 Å². The summed E-state index contributed by atoms with van der Waals surface area (Å²) in [6.45, 7) is 1.68. The normalized spacial score (nSPS) is 15.6. The zero-order valence-corrected chi connectivity index (χ0v) is 16.8. The lowest BCUT2D eigenvalue weighted by Crippen LogP contribution is -2.51. The quantitative estimate of drug-likeness (QED) is 0.662. The average Bonchev–Trinajstić information content (AvgIpc) is 2.68. The lowest BCUT2D eigenvalue weighted by atomic mass is 9.96. The third-order valence-electron chi connectivity index (χ3n) is 4.98. The van der Waals surface area contributed by atoms with Crippen LogP contribution in [-0.2, 0) is 9.59 Å². The van der Waals surface area contributed by atoms with Gasteiger partial charge in [0.15, 0.2) is 0 Å². The molecule has 0 radical (unpaired) electrons. The molecule has 3 N–H and O–H groups in total. The highest BCUT2D eigenvalue weighted by Gasteiger charge is 2.23. The molecular weight excluding hydrogens is 360 g/mol. The Balaban J connectivity index is 1.76. The van der Waals surface area contributed by atoms with Gasteiger partial charge in [0, 0.05) is 11.7 Å². The van der Waals surface area contributed by atoms with E-state index in [2.05, 4.69) is 16.0 Å². The Morgan fingerprint density at radius 2 is 1.79 bits per heavy atom.